The average Bonchev–Trinajstić information content (AvgIpc) is 2.65. The summed E-state index contributed by atoms with van der Waals surface area (Å²) >= 11 is 0. The molecule has 0 amide bonds. The van der Waals surface area contributed by atoms with E-state index in [9.17, 15) is 12.8 Å². The lowest BCUT2D eigenvalue weighted by Gasteiger charge is -2.09. The number of hydrogen-bond acceptors (Lipinski definition) is 4. The van der Waals surface area contributed by atoms with Gasteiger partial charge >= 0.3 is 0 Å². The molecule has 2 rings (SSSR count). The Kier molecular flexibility index (Phi) is 3.70. The van der Waals surface area contributed by atoms with Gasteiger partial charge in [0.25, 0.3) is 10.0 Å². The molecule has 6 nitrogen and oxygen atoms in total. The van der Waals surface area contributed by atoms with Crippen LogP contribution >= 0.6 is 0 Å². The summed E-state index contributed by atoms with van der Waals surface area (Å²) < 4.78 is 41.8. The molecule has 0 fully saturated rings. The number of sulfonamides is 1. The number of aryl methyl sites for hydroxylation is 2. The first-order valence-corrected chi connectivity index (χ1v) is 7.47. The zero-order chi connectivity index (χ0) is 15.8. The summed E-state index contributed by atoms with van der Waals surface area (Å²) in [6, 6.07) is 5.11. The summed E-state index contributed by atoms with van der Waals surface area (Å²) in [6.45, 7) is 3.23. The van der Waals surface area contributed by atoms with Gasteiger partial charge in [0.1, 0.15) is 16.8 Å². The number of nitrogens with zero attached hydrogens (tertiary/aromatic N) is 3. The topological polar surface area (TPSA) is 87.8 Å². The Hall–Kier alpha value is -2.40. The third-order valence-electron chi connectivity index (χ3n) is 3.05. The van der Waals surface area contributed by atoms with E-state index >= 15 is 0 Å². The van der Waals surface area contributed by atoms with Crippen molar-refractivity contribution in [2.75, 3.05) is 4.72 Å². The minimum absolute atomic E-state index is 0.0767. The van der Waals surface area contributed by atoms with Crippen molar-refractivity contribution in [2.24, 2.45) is 7.05 Å². The van der Waals surface area contributed by atoms with Crippen molar-refractivity contribution in [1.29, 1.82) is 5.26 Å². The lowest BCUT2D eigenvalue weighted by molar-refractivity contribution is 0.599. The van der Waals surface area contributed by atoms with Crippen LogP contribution in [-0.2, 0) is 17.1 Å². The van der Waals surface area contributed by atoms with Gasteiger partial charge in [0, 0.05) is 7.05 Å². The third kappa shape index (κ3) is 2.73. The SMILES string of the molecule is Cc1nn(C)c(C)c1S(=O)(=O)Nc1ccc(F)c(C#N)c1. The van der Waals surface area contributed by atoms with Crippen LogP contribution in [0.1, 0.15) is 17.0 Å². The first kappa shape index (κ1) is 15.0. The number of nitriles is 1. The van der Waals surface area contributed by atoms with Gasteiger partial charge in [-0.3, -0.25) is 9.40 Å². The number of aromatic nitrogens is 2. The molecule has 0 aliphatic carbocycles. The van der Waals surface area contributed by atoms with Crippen molar-refractivity contribution in [3.05, 3.63) is 41.0 Å². The van der Waals surface area contributed by atoms with E-state index < -0.39 is 15.8 Å². The molecule has 0 atom stereocenters. The summed E-state index contributed by atoms with van der Waals surface area (Å²) in [4.78, 5) is 0.0767. The van der Waals surface area contributed by atoms with Gasteiger partial charge in [-0.25, -0.2) is 12.8 Å². The normalized spacial score (nSPS) is 11.2. The summed E-state index contributed by atoms with van der Waals surface area (Å²) in [6.07, 6.45) is 0. The molecule has 2 aromatic rings. The molecule has 0 saturated carbocycles. The van der Waals surface area contributed by atoms with Crippen molar-refractivity contribution in [2.45, 2.75) is 18.7 Å². The monoisotopic (exact) mass is 308 g/mol. The Bertz CT molecular complexity index is 850. The standard InChI is InChI=1S/C13H13FN4O2S/c1-8-13(9(2)18(3)16-8)21(19,20)17-11-4-5-12(14)10(6-11)7-15/h4-6,17H,1-3H3. The van der Waals surface area contributed by atoms with Gasteiger partial charge < -0.3 is 0 Å². The quantitative estimate of drug-likeness (QED) is 0.937. The van der Waals surface area contributed by atoms with E-state index in [-0.39, 0.29) is 16.1 Å². The molecule has 1 aromatic heterocycles. The minimum atomic E-state index is -3.86. The molecule has 1 aromatic carbocycles. The predicted octanol–water partition coefficient (Wildman–Crippen LogP) is 1.85. The second-order valence-corrected chi connectivity index (χ2v) is 6.15. The maximum Gasteiger partial charge on any atom is 0.265 e. The molecular formula is C13H13FN4O2S. The van der Waals surface area contributed by atoms with E-state index in [0.717, 1.165) is 12.1 Å². The first-order chi connectivity index (χ1) is 9.76. The molecule has 0 bridgehead atoms. The van der Waals surface area contributed by atoms with Crippen LogP contribution in [0, 0.1) is 31.0 Å². The zero-order valence-electron chi connectivity index (χ0n) is 11.7. The molecule has 21 heavy (non-hydrogen) atoms. The van der Waals surface area contributed by atoms with Crippen molar-refractivity contribution in [3.63, 3.8) is 0 Å². The Morgan fingerprint density at radius 3 is 2.57 bits per heavy atom. The van der Waals surface area contributed by atoms with Crippen LogP contribution in [0.2, 0.25) is 0 Å². The van der Waals surface area contributed by atoms with E-state index in [0.29, 0.717) is 11.4 Å². The Labute approximate surface area is 121 Å². The maximum atomic E-state index is 13.2. The van der Waals surface area contributed by atoms with Gasteiger partial charge in [-0.2, -0.15) is 10.4 Å². The van der Waals surface area contributed by atoms with Crippen molar-refractivity contribution in [3.8, 4) is 6.07 Å². The fourth-order valence-electron chi connectivity index (χ4n) is 2.02. The minimum Gasteiger partial charge on any atom is -0.279 e. The zero-order valence-corrected chi connectivity index (χ0v) is 12.5. The molecular weight excluding hydrogens is 295 g/mol. The Balaban J connectivity index is 2.45. The third-order valence-corrected chi connectivity index (χ3v) is 4.68. The Morgan fingerprint density at radius 2 is 2.05 bits per heavy atom. The maximum absolute atomic E-state index is 13.2. The number of halogens is 1. The molecule has 8 heteroatoms. The van der Waals surface area contributed by atoms with Gasteiger partial charge in [0.2, 0.25) is 0 Å². The summed E-state index contributed by atoms with van der Waals surface area (Å²) in [5.74, 6) is -0.700. The average molecular weight is 308 g/mol. The van der Waals surface area contributed by atoms with Gasteiger partial charge in [-0.05, 0) is 32.0 Å². The van der Waals surface area contributed by atoms with Crippen LogP contribution in [0.15, 0.2) is 23.1 Å². The number of hydrogen-bond donors (Lipinski definition) is 1. The largest absolute Gasteiger partial charge is 0.279 e. The number of benzene rings is 1. The van der Waals surface area contributed by atoms with E-state index in [4.69, 9.17) is 5.26 Å². The van der Waals surface area contributed by atoms with Crippen LogP contribution in [-0.4, -0.2) is 18.2 Å². The molecule has 0 aliphatic heterocycles. The summed E-state index contributed by atoms with van der Waals surface area (Å²) in [5.41, 5.74) is 0.748. The second-order valence-electron chi connectivity index (χ2n) is 4.54. The smallest absolute Gasteiger partial charge is 0.265 e. The number of nitrogens with one attached hydrogen (secondary N) is 1. The molecule has 0 aliphatic rings. The van der Waals surface area contributed by atoms with Crippen LogP contribution in [0.3, 0.4) is 0 Å². The van der Waals surface area contributed by atoms with E-state index in [2.05, 4.69) is 9.82 Å². The predicted molar refractivity (Wildman–Crippen MR) is 74.6 cm³/mol. The van der Waals surface area contributed by atoms with Gasteiger partial charge in [0.05, 0.1) is 22.6 Å². The van der Waals surface area contributed by atoms with Crippen molar-refractivity contribution < 1.29 is 12.8 Å². The summed E-state index contributed by atoms with van der Waals surface area (Å²) in [5, 5.41) is 12.8. The highest BCUT2D eigenvalue weighted by atomic mass is 32.2. The van der Waals surface area contributed by atoms with Crippen molar-refractivity contribution >= 4 is 15.7 Å². The van der Waals surface area contributed by atoms with Gasteiger partial charge in [0.15, 0.2) is 0 Å². The van der Waals surface area contributed by atoms with E-state index in [1.54, 1.807) is 27.0 Å². The van der Waals surface area contributed by atoms with E-state index in [1.807, 2.05) is 0 Å². The molecule has 1 heterocycles. The highest BCUT2D eigenvalue weighted by molar-refractivity contribution is 7.92. The highest BCUT2D eigenvalue weighted by Gasteiger charge is 2.24. The molecule has 0 unspecified atom stereocenters. The fourth-order valence-corrected chi connectivity index (χ4v) is 3.51. The van der Waals surface area contributed by atoms with Crippen LogP contribution in [0.4, 0.5) is 10.1 Å². The summed E-state index contributed by atoms with van der Waals surface area (Å²) in [7, 11) is -2.21. The molecule has 1 N–H and O–H groups in total. The second kappa shape index (κ2) is 5.18. The molecule has 0 saturated heterocycles. The number of rotatable bonds is 3. The lowest BCUT2D eigenvalue weighted by atomic mass is 10.2. The van der Waals surface area contributed by atoms with E-state index in [1.165, 1.54) is 10.7 Å². The van der Waals surface area contributed by atoms with Gasteiger partial charge in [-0.1, -0.05) is 0 Å². The van der Waals surface area contributed by atoms with Crippen LogP contribution < -0.4 is 4.72 Å². The molecule has 0 spiro atoms. The Morgan fingerprint density at radius 1 is 1.38 bits per heavy atom. The fraction of sp³-hybridized carbons (Fsp3) is 0.231. The lowest BCUT2D eigenvalue weighted by Crippen LogP contribution is -2.15. The molecule has 110 valence electrons. The van der Waals surface area contributed by atoms with Crippen LogP contribution in [0.25, 0.3) is 0 Å². The first-order valence-electron chi connectivity index (χ1n) is 5.99. The van der Waals surface area contributed by atoms with Crippen molar-refractivity contribution in [1.82, 2.24) is 9.78 Å². The van der Waals surface area contributed by atoms with Gasteiger partial charge in [-0.15, -0.1) is 0 Å². The number of anilines is 1. The molecule has 0 radical (unpaired) electrons. The highest BCUT2D eigenvalue weighted by Crippen LogP contribution is 2.23. The van der Waals surface area contributed by atoms with Crippen LogP contribution in [0.5, 0.6) is 0 Å².